The van der Waals surface area contributed by atoms with E-state index in [0.717, 1.165) is 13.0 Å². The summed E-state index contributed by atoms with van der Waals surface area (Å²) >= 11 is 0. The Hall–Kier alpha value is -1.77. The van der Waals surface area contributed by atoms with E-state index >= 15 is 0 Å². The number of aliphatic imine (C=N–C) groups is 1. The quantitative estimate of drug-likeness (QED) is 0.837. The molecule has 0 bridgehead atoms. The molecule has 0 aromatic heterocycles. The fourth-order valence-corrected chi connectivity index (χ4v) is 2.80. The van der Waals surface area contributed by atoms with Gasteiger partial charge in [-0.25, -0.2) is 0 Å². The maximum absolute atomic E-state index is 6.00. The molecule has 0 saturated carbocycles. The van der Waals surface area contributed by atoms with Gasteiger partial charge in [-0.05, 0) is 30.4 Å². The molecule has 0 aliphatic carbocycles. The molecular weight excluding hydrogens is 246 g/mol. The van der Waals surface area contributed by atoms with Crippen LogP contribution in [0.2, 0.25) is 0 Å². The molecule has 108 valence electrons. The lowest BCUT2D eigenvalue weighted by molar-refractivity contribution is 0.245. The normalized spacial score (nSPS) is 22.2. The molecule has 0 fully saturated rings. The predicted molar refractivity (Wildman–Crippen MR) is 85.7 cm³/mol. The van der Waals surface area contributed by atoms with Gasteiger partial charge < -0.3 is 10.6 Å². The van der Waals surface area contributed by atoms with Gasteiger partial charge in [0, 0.05) is 6.54 Å². The maximum Gasteiger partial charge on any atom is 0.192 e. The van der Waals surface area contributed by atoms with Crippen molar-refractivity contribution in [1.82, 2.24) is 4.90 Å². The summed E-state index contributed by atoms with van der Waals surface area (Å²) in [5.74, 6) is 1.29. The lowest BCUT2D eigenvalue weighted by Gasteiger charge is -2.36. The molecule has 0 spiro atoms. The summed E-state index contributed by atoms with van der Waals surface area (Å²) in [5.41, 5.74) is 8.49. The highest BCUT2D eigenvalue weighted by atomic mass is 15.3. The summed E-state index contributed by atoms with van der Waals surface area (Å²) in [5, 5.41) is 0. The minimum absolute atomic E-state index is 0.158. The average molecular weight is 271 g/mol. The highest BCUT2D eigenvalue weighted by Crippen LogP contribution is 2.32. The van der Waals surface area contributed by atoms with Crippen LogP contribution in [-0.4, -0.2) is 23.9 Å². The van der Waals surface area contributed by atoms with Crippen LogP contribution in [0.25, 0.3) is 0 Å². The monoisotopic (exact) mass is 271 g/mol. The molecule has 1 aromatic carbocycles. The summed E-state index contributed by atoms with van der Waals surface area (Å²) in [6, 6.07) is 8.87. The van der Waals surface area contributed by atoms with Crippen molar-refractivity contribution in [2.45, 2.75) is 32.7 Å². The van der Waals surface area contributed by atoms with Gasteiger partial charge in [0.25, 0.3) is 0 Å². The molecule has 1 aliphatic heterocycles. The summed E-state index contributed by atoms with van der Waals surface area (Å²) < 4.78 is 0. The molecule has 3 heteroatoms. The van der Waals surface area contributed by atoms with E-state index in [-0.39, 0.29) is 5.54 Å². The number of hydrogen-bond acceptors (Lipinski definition) is 3. The van der Waals surface area contributed by atoms with Gasteiger partial charge in [0.1, 0.15) is 0 Å². The van der Waals surface area contributed by atoms with Crippen molar-refractivity contribution in [1.29, 1.82) is 0 Å². The molecule has 20 heavy (non-hydrogen) atoms. The smallest absolute Gasteiger partial charge is 0.192 e. The molecule has 3 nitrogen and oxygen atoms in total. The van der Waals surface area contributed by atoms with Crippen LogP contribution in [0.15, 0.2) is 41.9 Å². The van der Waals surface area contributed by atoms with Crippen LogP contribution in [0, 0.1) is 5.92 Å². The summed E-state index contributed by atoms with van der Waals surface area (Å²) in [7, 11) is 0. The first-order valence-corrected chi connectivity index (χ1v) is 7.25. The number of guanidine groups is 1. The molecule has 1 unspecified atom stereocenters. The Bertz CT molecular complexity index is 501. The second kappa shape index (κ2) is 5.70. The van der Waals surface area contributed by atoms with E-state index in [4.69, 9.17) is 5.73 Å². The van der Waals surface area contributed by atoms with Gasteiger partial charge >= 0.3 is 0 Å². The van der Waals surface area contributed by atoms with Crippen LogP contribution < -0.4 is 5.73 Å². The van der Waals surface area contributed by atoms with Gasteiger partial charge in [-0.2, -0.15) is 0 Å². The van der Waals surface area contributed by atoms with Crippen molar-refractivity contribution in [3.8, 4) is 0 Å². The Morgan fingerprint density at radius 2 is 2.05 bits per heavy atom. The van der Waals surface area contributed by atoms with Gasteiger partial charge in [-0.3, -0.25) is 4.99 Å². The second-order valence-corrected chi connectivity index (χ2v) is 6.14. The largest absolute Gasteiger partial charge is 0.370 e. The number of nitrogens with zero attached hydrogens (tertiary/aromatic N) is 2. The van der Waals surface area contributed by atoms with Crippen LogP contribution in [0.1, 0.15) is 31.9 Å². The zero-order chi connectivity index (χ0) is 14.8. The van der Waals surface area contributed by atoms with Crippen LogP contribution in [0.4, 0.5) is 0 Å². The lowest BCUT2D eigenvalue weighted by atomic mass is 9.89. The van der Waals surface area contributed by atoms with Gasteiger partial charge in [0.15, 0.2) is 5.96 Å². The van der Waals surface area contributed by atoms with Crippen molar-refractivity contribution >= 4 is 5.96 Å². The molecule has 1 heterocycles. The molecule has 2 N–H and O–H groups in total. The molecule has 1 aliphatic rings. The Balaban J connectivity index is 2.24. The van der Waals surface area contributed by atoms with E-state index in [1.54, 1.807) is 0 Å². The molecular formula is C17H25N3. The average Bonchev–Trinajstić information content (AvgIpc) is 2.69. The third-order valence-corrected chi connectivity index (χ3v) is 3.95. The lowest BCUT2D eigenvalue weighted by Crippen LogP contribution is -2.47. The molecule has 0 saturated heterocycles. The van der Waals surface area contributed by atoms with Gasteiger partial charge in [-0.1, -0.05) is 44.2 Å². The minimum atomic E-state index is -0.158. The molecule has 2 rings (SSSR count). The Kier molecular flexibility index (Phi) is 4.17. The Labute approximate surface area is 122 Å². The highest BCUT2D eigenvalue weighted by Gasteiger charge is 2.38. The van der Waals surface area contributed by atoms with Crippen LogP contribution in [0.5, 0.6) is 0 Å². The van der Waals surface area contributed by atoms with E-state index in [0.29, 0.717) is 18.4 Å². The van der Waals surface area contributed by atoms with Gasteiger partial charge in [0.05, 0.1) is 12.1 Å². The Morgan fingerprint density at radius 1 is 1.40 bits per heavy atom. The predicted octanol–water partition coefficient (Wildman–Crippen LogP) is 2.92. The summed E-state index contributed by atoms with van der Waals surface area (Å²) in [4.78, 5) is 6.53. The minimum Gasteiger partial charge on any atom is -0.370 e. The molecule has 0 amide bonds. The first-order valence-electron chi connectivity index (χ1n) is 7.25. The summed E-state index contributed by atoms with van der Waals surface area (Å²) in [6.07, 6.45) is 2.99. The number of rotatable bonds is 5. The van der Waals surface area contributed by atoms with Crippen LogP contribution in [0.3, 0.4) is 0 Å². The van der Waals surface area contributed by atoms with E-state index in [1.807, 2.05) is 6.08 Å². The van der Waals surface area contributed by atoms with Crippen LogP contribution in [-0.2, 0) is 12.0 Å². The van der Waals surface area contributed by atoms with Crippen molar-refractivity contribution in [2.75, 3.05) is 13.1 Å². The van der Waals surface area contributed by atoms with Crippen molar-refractivity contribution in [3.63, 3.8) is 0 Å². The van der Waals surface area contributed by atoms with Crippen molar-refractivity contribution in [2.24, 2.45) is 16.6 Å². The van der Waals surface area contributed by atoms with E-state index in [2.05, 4.69) is 61.5 Å². The van der Waals surface area contributed by atoms with Crippen LogP contribution >= 0.6 is 0 Å². The first-order chi connectivity index (χ1) is 9.47. The molecule has 0 radical (unpaired) electrons. The third-order valence-electron chi connectivity index (χ3n) is 3.95. The van der Waals surface area contributed by atoms with Gasteiger partial charge in [-0.15, -0.1) is 6.58 Å². The van der Waals surface area contributed by atoms with Gasteiger partial charge in [0.2, 0.25) is 0 Å². The third kappa shape index (κ3) is 2.72. The zero-order valence-electron chi connectivity index (χ0n) is 12.8. The van der Waals surface area contributed by atoms with Crippen molar-refractivity contribution in [3.05, 3.63) is 48.0 Å². The SMILES string of the molecule is C=CCN1C(N)=NCC1(C)c1ccc(CC(C)C)cc1. The highest BCUT2D eigenvalue weighted by molar-refractivity contribution is 5.81. The second-order valence-electron chi connectivity index (χ2n) is 6.14. The number of benzene rings is 1. The maximum atomic E-state index is 6.00. The van der Waals surface area contributed by atoms with E-state index in [9.17, 15) is 0 Å². The molecule has 1 atom stereocenters. The van der Waals surface area contributed by atoms with Crippen molar-refractivity contribution < 1.29 is 0 Å². The molecule has 1 aromatic rings. The van der Waals surface area contributed by atoms with E-state index < -0.39 is 0 Å². The fourth-order valence-electron chi connectivity index (χ4n) is 2.80. The number of hydrogen-bond donors (Lipinski definition) is 1. The van der Waals surface area contributed by atoms with E-state index in [1.165, 1.54) is 11.1 Å². The topological polar surface area (TPSA) is 41.6 Å². The summed E-state index contributed by atoms with van der Waals surface area (Å²) in [6.45, 7) is 11.9. The fraction of sp³-hybridized carbons (Fsp3) is 0.471. The standard InChI is InChI=1S/C17H25N3/c1-5-10-20-16(18)19-12-17(20,4)15-8-6-14(7-9-15)11-13(2)3/h5-9,13H,1,10-12H2,2-4H3,(H2,18,19). The zero-order valence-corrected chi connectivity index (χ0v) is 12.8. The first kappa shape index (κ1) is 14.6. The number of nitrogens with two attached hydrogens (primary N) is 1. The Morgan fingerprint density at radius 3 is 2.60 bits per heavy atom.